The summed E-state index contributed by atoms with van der Waals surface area (Å²) in [7, 11) is 0. The summed E-state index contributed by atoms with van der Waals surface area (Å²) in [6.45, 7) is 2.51. The van der Waals surface area contributed by atoms with Gasteiger partial charge in [-0.2, -0.15) is 0 Å². The number of carbonyl (C=O) groups is 2. The molecule has 2 saturated heterocycles. The highest BCUT2D eigenvalue weighted by atomic mass is 16.4. The molecule has 2 N–H and O–H groups in total. The van der Waals surface area contributed by atoms with Crippen molar-refractivity contribution in [2.24, 2.45) is 11.8 Å². The molecule has 1 aliphatic carbocycles. The van der Waals surface area contributed by atoms with E-state index in [1.54, 1.807) is 4.90 Å². The summed E-state index contributed by atoms with van der Waals surface area (Å²) < 4.78 is 0. The highest BCUT2D eigenvalue weighted by Crippen LogP contribution is 2.35. The lowest BCUT2D eigenvalue weighted by Crippen LogP contribution is -2.50. The summed E-state index contributed by atoms with van der Waals surface area (Å²) in [4.78, 5) is 25.6. The Hall–Kier alpha value is -1.10. The number of nitrogens with zero attached hydrogens (tertiary/aromatic N) is 1. The van der Waals surface area contributed by atoms with Gasteiger partial charge >= 0.3 is 5.97 Å². The molecule has 0 bridgehead atoms. The van der Waals surface area contributed by atoms with Crippen LogP contribution in [0.15, 0.2) is 0 Å². The first-order valence-corrected chi connectivity index (χ1v) is 7.87. The molecule has 2 heterocycles. The minimum Gasteiger partial charge on any atom is -0.480 e. The van der Waals surface area contributed by atoms with E-state index in [9.17, 15) is 14.7 Å². The van der Waals surface area contributed by atoms with E-state index in [0.29, 0.717) is 18.5 Å². The van der Waals surface area contributed by atoms with Crippen LogP contribution < -0.4 is 5.32 Å². The third-order valence-corrected chi connectivity index (χ3v) is 5.40. The Labute approximate surface area is 119 Å². The van der Waals surface area contributed by atoms with Crippen LogP contribution in [0.3, 0.4) is 0 Å². The second kappa shape index (κ2) is 5.35. The first kappa shape index (κ1) is 13.9. The molecular weight excluding hydrogens is 256 g/mol. The Bertz CT molecular complexity index is 398. The maximum Gasteiger partial charge on any atom is 0.326 e. The summed E-state index contributed by atoms with van der Waals surface area (Å²) in [6.07, 6.45) is 6.56. The first-order valence-electron chi connectivity index (χ1n) is 7.87. The Balaban J connectivity index is 1.68. The van der Waals surface area contributed by atoms with Crippen LogP contribution in [0.25, 0.3) is 0 Å². The fourth-order valence-electron chi connectivity index (χ4n) is 4.28. The molecule has 3 fully saturated rings. The van der Waals surface area contributed by atoms with Crippen LogP contribution in [0.2, 0.25) is 0 Å². The molecule has 2 aliphatic heterocycles. The van der Waals surface area contributed by atoms with Crippen LogP contribution in [-0.2, 0) is 9.59 Å². The molecule has 1 amide bonds. The Morgan fingerprint density at radius 1 is 1.20 bits per heavy atom. The lowest BCUT2D eigenvalue weighted by Gasteiger charge is -2.26. The molecule has 0 spiro atoms. The van der Waals surface area contributed by atoms with Crippen molar-refractivity contribution in [3.8, 4) is 0 Å². The maximum atomic E-state index is 12.7. The fraction of sp³-hybridized carbons (Fsp3) is 0.867. The largest absolute Gasteiger partial charge is 0.480 e. The van der Waals surface area contributed by atoms with Gasteiger partial charge in [-0.05, 0) is 37.5 Å². The minimum absolute atomic E-state index is 0.0103. The highest BCUT2D eigenvalue weighted by Gasteiger charge is 2.45. The molecule has 5 nitrogen and oxygen atoms in total. The number of nitrogens with one attached hydrogen (secondary N) is 1. The van der Waals surface area contributed by atoms with Gasteiger partial charge in [0.05, 0.1) is 6.04 Å². The molecule has 0 radical (unpaired) electrons. The van der Waals surface area contributed by atoms with Gasteiger partial charge in [-0.15, -0.1) is 0 Å². The summed E-state index contributed by atoms with van der Waals surface area (Å²) in [5, 5.41) is 12.8. The zero-order chi connectivity index (χ0) is 14.3. The number of likely N-dealkylation sites (tertiary alicyclic amines) is 1. The number of aliphatic carboxylic acids is 1. The molecule has 112 valence electrons. The van der Waals surface area contributed by atoms with Gasteiger partial charge in [0.15, 0.2) is 0 Å². The second-order valence-electron chi connectivity index (χ2n) is 6.69. The number of carboxylic acid groups (broad SMARTS) is 1. The zero-order valence-electron chi connectivity index (χ0n) is 12.0. The van der Waals surface area contributed by atoms with Crippen LogP contribution in [0.1, 0.15) is 45.4 Å². The van der Waals surface area contributed by atoms with Gasteiger partial charge in [0.2, 0.25) is 5.91 Å². The number of rotatable bonds is 2. The third-order valence-electron chi connectivity index (χ3n) is 5.40. The van der Waals surface area contributed by atoms with E-state index in [1.807, 2.05) is 6.92 Å². The molecule has 5 unspecified atom stereocenters. The van der Waals surface area contributed by atoms with Gasteiger partial charge in [0.1, 0.15) is 6.04 Å². The van der Waals surface area contributed by atoms with E-state index in [-0.39, 0.29) is 17.9 Å². The van der Waals surface area contributed by atoms with Crippen molar-refractivity contribution in [3.05, 3.63) is 0 Å². The zero-order valence-corrected chi connectivity index (χ0v) is 12.0. The molecule has 3 aliphatic rings. The Kier molecular flexibility index (Phi) is 3.71. The lowest BCUT2D eigenvalue weighted by molar-refractivity contribution is -0.150. The molecule has 5 heteroatoms. The third kappa shape index (κ3) is 2.32. The molecular formula is C15H24N2O3. The van der Waals surface area contributed by atoms with E-state index in [0.717, 1.165) is 19.3 Å². The van der Waals surface area contributed by atoms with Crippen molar-refractivity contribution in [1.29, 1.82) is 0 Å². The van der Waals surface area contributed by atoms with Crippen LogP contribution in [0.4, 0.5) is 0 Å². The van der Waals surface area contributed by atoms with Gasteiger partial charge in [-0.3, -0.25) is 4.79 Å². The maximum absolute atomic E-state index is 12.7. The van der Waals surface area contributed by atoms with Crippen molar-refractivity contribution in [2.45, 2.75) is 63.6 Å². The standard InChI is InChI=1S/C15H24N2O3/c1-9-6-7-17(13(9)15(19)20)14(18)12-8-10-4-2-3-5-11(10)16-12/h9-13,16H,2-8H2,1H3,(H,19,20). The van der Waals surface area contributed by atoms with Crippen molar-refractivity contribution >= 4 is 11.9 Å². The van der Waals surface area contributed by atoms with Gasteiger partial charge in [-0.1, -0.05) is 19.8 Å². The summed E-state index contributed by atoms with van der Waals surface area (Å²) in [6, 6.07) is -0.316. The average Bonchev–Trinajstić information content (AvgIpc) is 3.00. The summed E-state index contributed by atoms with van der Waals surface area (Å²) in [5.74, 6) is -0.184. The molecule has 1 saturated carbocycles. The van der Waals surface area contributed by atoms with Crippen molar-refractivity contribution in [3.63, 3.8) is 0 Å². The molecule has 5 atom stereocenters. The second-order valence-corrected chi connectivity index (χ2v) is 6.69. The average molecular weight is 280 g/mol. The predicted octanol–water partition coefficient (Wildman–Crippen LogP) is 1.23. The number of fused-ring (bicyclic) bond motifs is 1. The van der Waals surface area contributed by atoms with Crippen molar-refractivity contribution < 1.29 is 14.7 Å². The van der Waals surface area contributed by atoms with E-state index < -0.39 is 12.0 Å². The molecule has 3 rings (SSSR count). The van der Waals surface area contributed by atoms with E-state index in [1.165, 1.54) is 19.3 Å². The SMILES string of the molecule is CC1CCN(C(=O)C2CC3CCCCC3N2)C1C(=O)O. The van der Waals surface area contributed by atoms with Crippen LogP contribution in [0.5, 0.6) is 0 Å². The molecule has 0 aromatic rings. The number of carboxylic acids is 1. The number of amides is 1. The number of hydrogen-bond acceptors (Lipinski definition) is 3. The quantitative estimate of drug-likeness (QED) is 0.798. The summed E-state index contributed by atoms with van der Waals surface area (Å²) >= 11 is 0. The molecule has 0 aromatic heterocycles. The Morgan fingerprint density at radius 2 is 1.95 bits per heavy atom. The topological polar surface area (TPSA) is 69.6 Å². The smallest absolute Gasteiger partial charge is 0.326 e. The van der Waals surface area contributed by atoms with Gasteiger partial charge in [0, 0.05) is 12.6 Å². The van der Waals surface area contributed by atoms with Crippen molar-refractivity contribution in [2.75, 3.05) is 6.54 Å². The lowest BCUT2D eigenvalue weighted by atomic mass is 9.85. The van der Waals surface area contributed by atoms with Crippen molar-refractivity contribution in [1.82, 2.24) is 10.2 Å². The predicted molar refractivity (Wildman–Crippen MR) is 74.2 cm³/mol. The molecule has 20 heavy (non-hydrogen) atoms. The van der Waals surface area contributed by atoms with E-state index in [4.69, 9.17) is 0 Å². The Morgan fingerprint density at radius 3 is 2.65 bits per heavy atom. The van der Waals surface area contributed by atoms with Crippen LogP contribution >= 0.6 is 0 Å². The first-order chi connectivity index (χ1) is 9.58. The number of carbonyl (C=O) groups excluding carboxylic acids is 1. The number of hydrogen-bond donors (Lipinski definition) is 2. The fourth-order valence-corrected chi connectivity index (χ4v) is 4.28. The van der Waals surface area contributed by atoms with E-state index >= 15 is 0 Å². The monoisotopic (exact) mass is 280 g/mol. The van der Waals surface area contributed by atoms with Gasteiger partial charge in [0.25, 0.3) is 0 Å². The normalized spacial score (nSPS) is 40.6. The summed E-state index contributed by atoms with van der Waals surface area (Å²) in [5.41, 5.74) is 0. The van der Waals surface area contributed by atoms with Crippen LogP contribution in [0, 0.1) is 11.8 Å². The van der Waals surface area contributed by atoms with Gasteiger partial charge in [-0.25, -0.2) is 4.79 Å². The van der Waals surface area contributed by atoms with E-state index in [2.05, 4.69) is 5.32 Å². The van der Waals surface area contributed by atoms with Gasteiger partial charge < -0.3 is 15.3 Å². The minimum atomic E-state index is -0.862. The molecule has 0 aromatic carbocycles. The van der Waals surface area contributed by atoms with Crippen LogP contribution in [-0.4, -0.2) is 46.6 Å². The highest BCUT2D eigenvalue weighted by molar-refractivity contribution is 5.88.